The SMILES string of the molecule is COc1ccc(NC(=O)c2cnc(NCCN(C)C)cn2)c(OC)c1. The zero-order valence-electron chi connectivity index (χ0n) is 14.9. The normalized spacial score (nSPS) is 10.4. The standard InChI is InChI=1S/C17H23N5O3/c1-22(2)8-7-18-16-11-19-14(10-20-16)17(23)21-13-6-5-12(24-3)9-15(13)25-4/h5-6,9-11H,7-8H2,1-4H3,(H,18,20)(H,21,23). The highest BCUT2D eigenvalue weighted by Gasteiger charge is 2.12. The van der Waals surface area contributed by atoms with E-state index in [0.29, 0.717) is 23.0 Å². The van der Waals surface area contributed by atoms with E-state index in [1.54, 1.807) is 25.3 Å². The van der Waals surface area contributed by atoms with Gasteiger partial charge < -0.3 is 25.0 Å². The second kappa shape index (κ2) is 8.84. The fraction of sp³-hybridized carbons (Fsp3) is 0.353. The van der Waals surface area contributed by atoms with Gasteiger partial charge in [0.15, 0.2) is 0 Å². The molecule has 0 bridgehead atoms. The molecule has 0 radical (unpaired) electrons. The maximum Gasteiger partial charge on any atom is 0.275 e. The number of rotatable bonds is 8. The van der Waals surface area contributed by atoms with Gasteiger partial charge in [0.1, 0.15) is 23.0 Å². The molecule has 1 aromatic heterocycles. The number of likely N-dealkylation sites (N-methyl/N-ethyl adjacent to an activating group) is 1. The molecule has 8 nitrogen and oxygen atoms in total. The van der Waals surface area contributed by atoms with Gasteiger partial charge in [-0.1, -0.05) is 0 Å². The summed E-state index contributed by atoms with van der Waals surface area (Å²) in [7, 11) is 7.08. The second-order valence-corrected chi connectivity index (χ2v) is 5.54. The summed E-state index contributed by atoms with van der Waals surface area (Å²) in [4.78, 5) is 22.7. The minimum atomic E-state index is -0.365. The molecule has 1 amide bonds. The largest absolute Gasteiger partial charge is 0.497 e. The van der Waals surface area contributed by atoms with Crippen molar-refractivity contribution in [2.45, 2.75) is 0 Å². The number of hydrogen-bond acceptors (Lipinski definition) is 7. The van der Waals surface area contributed by atoms with Gasteiger partial charge in [-0.3, -0.25) is 4.79 Å². The molecule has 25 heavy (non-hydrogen) atoms. The van der Waals surface area contributed by atoms with Crippen LogP contribution in [0.25, 0.3) is 0 Å². The lowest BCUT2D eigenvalue weighted by Crippen LogP contribution is -2.21. The molecule has 2 rings (SSSR count). The number of amides is 1. The Kier molecular flexibility index (Phi) is 6.53. The van der Waals surface area contributed by atoms with Gasteiger partial charge in [0.25, 0.3) is 5.91 Å². The summed E-state index contributed by atoms with van der Waals surface area (Å²) < 4.78 is 10.4. The van der Waals surface area contributed by atoms with Gasteiger partial charge in [0.2, 0.25) is 0 Å². The van der Waals surface area contributed by atoms with Crippen LogP contribution < -0.4 is 20.1 Å². The van der Waals surface area contributed by atoms with Crippen molar-refractivity contribution in [1.82, 2.24) is 14.9 Å². The van der Waals surface area contributed by atoms with E-state index in [0.717, 1.165) is 13.1 Å². The quantitative estimate of drug-likeness (QED) is 0.753. The number of nitrogens with one attached hydrogen (secondary N) is 2. The lowest BCUT2D eigenvalue weighted by Gasteiger charge is -2.12. The van der Waals surface area contributed by atoms with E-state index >= 15 is 0 Å². The average molecular weight is 345 g/mol. The van der Waals surface area contributed by atoms with Crippen molar-refractivity contribution in [3.63, 3.8) is 0 Å². The Morgan fingerprint density at radius 2 is 1.96 bits per heavy atom. The zero-order valence-corrected chi connectivity index (χ0v) is 14.9. The minimum absolute atomic E-state index is 0.219. The monoisotopic (exact) mass is 345 g/mol. The second-order valence-electron chi connectivity index (χ2n) is 5.54. The van der Waals surface area contributed by atoms with E-state index in [2.05, 4.69) is 25.5 Å². The van der Waals surface area contributed by atoms with Gasteiger partial charge in [0.05, 0.1) is 32.3 Å². The Morgan fingerprint density at radius 1 is 1.16 bits per heavy atom. The first-order chi connectivity index (χ1) is 12.0. The number of methoxy groups -OCH3 is 2. The molecular formula is C17H23N5O3. The Balaban J connectivity index is 2.01. The van der Waals surface area contributed by atoms with Crippen molar-refractivity contribution in [3.8, 4) is 11.5 Å². The van der Waals surface area contributed by atoms with Crippen molar-refractivity contribution in [1.29, 1.82) is 0 Å². The van der Waals surface area contributed by atoms with E-state index < -0.39 is 0 Å². The summed E-state index contributed by atoms with van der Waals surface area (Å²) in [5, 5.41) is 5.90. The van der Waals surface area contributed by atoms with Gasteiger partial charge >= 0.3 is 0 Å². The van der Waals surface area contributed by atoms with Gasteiger partial charge in [0, 0.05) is 19.2 Å². The van der Waals surface area contributed by atoms with Crippen LogP contribution in [0.2, 0.25) is 0 Å². The molecule has 1 heterocycles. The molecule has 2 aromatic rings. The molecule has 8 heteroatoms. The summed E-state index contributed by atoms with van der Waals surface area (Å²) in [6.45, 7) is 1.62. The number of carbonyl (C=O) groups excluding carboxylic acids is 1. The fourth-order valence-electron chi connectivity index (χ4n) is 2.03. The van der Waals surface area contributed by atoms with E-state index in [1.165, 1.54) is 19.5 Å². The van der Waals surface area contributed by atoms with Gasteiger partial charge in [-0.25, -0.2) is 9.97 Å². The lowest BCUT2D eigenvalue weighted by atomic mass is 10.2. The number of nitrogens with zero attached hydrogens (tertiary/aromatic N) is 3. The Hall–Kier alpha value is -2.87. The smallest absolute Gasteiger partial charge is 0.275 e. The highest BCUT2D eigenvalue weighted by molar-refractivity contribution is 6.03. The number of anilines is 2. The topological polar surface area (TPSA) is 88.6 Å². The molecule has 0 fully saturated rings. The Morgan fingerprint density at radius 3 is 2.56 bits per heavy atom. The van der Waals surface area contributed by atoms with Gasteiger partial charge in [-0.2, -0.15) is 0 Å². The maximum atomic E-state index is 12.3. The van der Waals surface area contributed by atoms with Crippen molar-refractivity contribution < 1.29 is 14.3 Å². The van der Waals surface area contributed by atoms with Crippen molar-refractivity contribution >= 4 is 17.4 Å². The van der Waals surface area contributed by atoms with Crippen molar-refractivity contribution in [3.05, 3.63) is 36.3 Å². The molecule has 0 aliphatic carbocycles. The molecule has 0 saturated heterocycles. The number of ether oxygens (including phenoxy) is 2. The number of aromatic nitrogens is 2. The zero-order chi connectivity index (χ0) is 18.2. The molecule has 1 aromatic carbocycles. The lowest BCUT2D eigenvalue weighted by molar-refractivity contribution is 0.102. The third-order valence-corrected chi connectivity index (χ3v) is 3.41. The third-order valence-electron chi connectivity index (χ3n) is 3.41. The number of benzene rings is 1. The number of carbonyl (C=O) groups is 1. The molecular weight excluding hydrogens is 322 g/mol. The Bertz CT molecular complexity index is 704. The fourth-order valence-corrected chi connectivity index (χ4v) is 2.03. The van der Waals surface area contributed by atoms with Crippen LogP contribution in [0.4, 0.5) is 11.5 Å². The van der Waals surface area contributed by atoms with E-state index in [1.807, 2.05) is 14.1 Å². The molecule has 0 aliphatic rings. The van der Waals surface area contributed by atoms with Crippen LogP contribution in [0.15, 0.2) is 30.6 Å². The summed E-state index contributed by atoms with van der Waals surface area (Å²) >= 11 is 0. The van der Waals surface area contributed by atoms with Crippen molar-refractivity contribution in [2.75, 3.05) is 52.0 Å². The van der Waals surface area contributed by atoms with Crippen LogP contribution in [-0.2, 0) is 0 Å². The number of hydrogen-bond donors (Lipinski definition) is 2. The predicted molar refractivity (Wildman–Crippen MR) is 96.6 cm³/mol. The summed E-state index contributed by atoms with van der Waals surface area (Å²) in [6, 6.07) is 5.14. The van der Waals surface area contributed by atoms with E-state index in [-0.39, 0.29) is 11.6 Å². The molecule has 0 atom stereocenters. The summed E-state index contributed by atoms with van der Waals surface area (Å²) in [5.74, 6) is 1.40. The molecule has 0 saturated carbocycles. The van der Waals surface area contributed by atoms with Crippen LogP contribution in [0.5, 0.6) is 11.5 Å². The predicted octanol–water partition coefficient (Wildman–Crippen LogP) is 1.72. The van der Waals surface area contributed by atoms with Gasteiger partial charge in [-0.15, -0.1) is 0 Å². The molecule has 0 unspecified atom stereocenters. The van der Waals surface area contributed by atoms with E-state index in [9.17, 15) is 4.79 Å². The van der Waals surface area contributed by atoms with Crippen LogP contribution in [0.1, 0.15) is 10.5 Å². The average Bonchev–Trinajstić information content (AvgIpc) is 2.62. The van der Waals surface area contributed by atoms with Crippen LogP contribution in [-0.4, -0.2) is 62.2 Å². The van der Waals surface area contributed by atoms with Crippen LogP contribution in [0.3, 0.4) is 0 Å². The molecule has 2 N–H and O–H groups in total. The van der Waals surface area contributed by atoms with Crippen LogP contribution in [0, 0.1) is 0 Å². The first-order valence-corrected chi connectivity index (χ1v) is 7.77. The van der Waals surface area contributed by atoms with Crippen LogP contribution >= 0.6 is 0 Å². The van der Waals surface area contributed by atoms with E-state index in [4.69, 9.17) is 9.47 Å². The Labute approximate surface area is 147 Å². The first-order valence-electron chi connectivity index (χ1n) is 7.77. The summed E-state index contributed by atoms with van der Waals surface area (Å²) in [5.41, 5.74) is 0.749. The van der Waals surface area contributed by atoms with Crippen molar-refractivity contribution in [2.24, 2.45) is 0 Å². The summed E-state index contributed by atoms with van der Waals surface area (Å²) in [6.07, 6.45) is 2.97. The minimum Gasteiger partial charge on any atom is -0.497 e. The third kappa shape index (κ3) is 5.32. The highest BCUT2D eigenvalue weighted by atomic mass is 16.5. The molecule has 0 aliphatic heterocycles. The van der Waals surface area contributed by atoms with Gasteiger partial charge in [-0.05, 0) is 26.2 Å². The molecule has 0 spiro atoms. The highest BCUT2D eigenvalue weighted by Crippen LogP contribution is 2.29. The molecule has 134 valence electrons. The first kappa shape index (κ1) is 18.5. The maximum absolute atomic E-state index is 12.3.